The van der Waals surface area contributed by atoms with Gasteiger partial charge < -0.3 is 26.2 Å². The summed E-state index contributed by atoms with van der Waals surface area (Å²) < 4.78 is 25.9. The molecule has 52 heavy (non-hydrogen) atoms. The molecule has 5 fully saturated rings. The molecule has 5 rings (SSSR count). The maximum absolute atomic E-state index is 14.9. The summed E-state index contributed by atoms with van der Waals surface area (Å²) in [6, 6.07) is -3.33. The lowest BCUT2D eigenvalue weighted by Crippen LogP contribution is -2.65. The van der Waals surface area contributed by atoms with E-state index in [0.29, 0.717) is 32.2 Å². The topological polar surface area (TPSA) is 171 Å². The summed E-state index contributed by atoms with van der Waals surface area (Å²) in [6.07, 6.45) is 11.4. The second kappa shape index (κ2) is 15.2. The predicted octanol–water partition coefficient (Wildman–Crippen LogP) is 4.55. The van der Waals surface area contributed by atoms with Crippen molar-refractivity contribution >= 4 is 39.4 Å². The molecule has 0 bridgehead atoms. The van der Waals surface area contributed by atoms with Gasteiger partial charge in [-0.05, 0) is 88.4 Å². The molecule has 294 valence electrons. The maximum atomic E-state index is 14.9. The smallest absolute Gasteiger partial charge is 0.315 e. The highest BCUT2D eigenvalue weighted by Crippen LogP contribution is 2.65. The average molecular weight is 748 g/mol. The zero-order chi connectivity index (χ0) is 38.3. The SMILES string of the molecule is CCCCC(NC(=O)C1C2C(CN1C(=O)C(NC(=O)NC1(CS(=O)(=O)C(C)(C)C)CCCCC1)C1(C)CCCCC1)C2(C)C)C(=O)C(=O)NC1CC1. The first-order valence-electron chi connectivity index (χ1n) is 20.0. The largest absolute Gasteiger partial charge is 0.347 e. The lowest BCUT2D eigenvalue weighted by molar-refractivity contribution is -0.146. The Kier molecular flexibility index (Phi) is 11.8. The van der Waals surface area contributed by atoms with Crippen molar-refractivity contribution in [2.75, 3.05) is 12.3 Å². The number of carbonyl (C=O) groups is 5. The van der Waals surface area contributed by atoms with Crippen molar-refractivity contribution in [1.82, 2.24) is 26.2 Å². The number of likely N-dealkylation sites (tertiary alicyclic amines) is 1. The zero-order valence-corrected chi connectivity index (χ0v) is 33.5. The fourth-order valence-corrected chi connectivity index (χ4v) is 10.8. The van der Waals surface area contributed by atoms with Crippen LogP contribution in [0.3, 0.4) is 0 Å². The molecule has 13 heteroatoms. The summed E-state index contributed by atoms with van der Waals surface area (Å²) in [5, 5.41) is 11.8. The van der Waals surface area contributed by atoms with Gasteiger partial charge in [0.25, 0.3) is 5.91 Å². The summed E-state index contributed by atoms with van der Waals surface area (Å²) in [7, 11) is -3.56. The molecule has 0 radical (unpaired) electrons. The molecule has 0 aromatic heterocycles. The molecule has 5 aliphatic rings. The van der Waals surface area contributed by atoms with Crippen molar-refractivity contribution in [3.05, 3.63) is 0 Å². The molecule has 5 atom stereocenters. The standard InChI is InChI=1S/C39H65N5O7S/c1-8-9-16-27(30(45)33(47)40-25-17-18-25)41-32(46)29-28-26(37(28,5)6)23-44(29)34(48)31(38(7)19-12-10-13-20-38)42-35(49)43-39(21-14-11-15-22-39)24-52(50,51)36(2,3)4/h25-29,31H,8-24H2,1-7H3,(H,40,47)(H,41,46)(H2,42,43,49). The Morgan fingerprint density at radius 1 is 0.865 bits per heavy atom. The third kappa shape index (κ3) is 8.65. The van der Waals surface area contributed by atoms with E-state index in [0.717, 1.165) is 70.6 Å². The maximum Gasteiger partial charge on any atom is 0.315 e. The van der Waals surface area contributed by atoms with Crippen LogP contribution in [0.1, 0.15) is 145 Å². The van der Waals surface area contributed by atoms with Gasteiger partial charge in [-0.15, -0.1) is 0 Å². The Hall–Kier alpha value is -2.70. The van der Waals surface area contributed by atoms with Gasteiger partial charge in [0.1, 0.15) is 12.1 Å². The summed E-state index contributed by atoms with van der Waals surface area (Å²) in [5.41, 5.74) is -1.71. The molecule has 4 saturated carbocycles. The van der Waals surface area contributed by atoms with E-state index in [1.165, 1.54) is 0 Å². The molecular formula is C39H65N5O7S. The number of amides is 5. The van der Waals surface area contributed by atoms with Crippen LogP contribution in [0.5, 0.6) is 0 Å². The van der Waals surface area contributed by atoms with Gasteiger partial charge in [0.05, 0.1) is 22.1 Å². The molecular weight excluding hydrogens is 683 g/mol. The number of fused-ring (bicyclic) bond motifs is 1. The highest BCUT2D eigenvalue weighted by Gasteiger charge is 2.70. The molecule has 12 nitrogen and oxygen atoms in total. The van der Waals surface area contributed by atoms with Crippen molar-refractivity contribution < 1.29 is 32.4 Å². The van der Waals surface area contributed by atoms with Gasteiger partial charge in [-0.2, -0.15) is 0 Å². The number of Topliss-reactive ketones (excluding diaryl/α,β-unsaturated/α-hetero) is 1. The number of hydrogen-bond acceptors (Lipinski definition) is 7. The van der Waals surface area contributed by atoms with Crippen LogP contribution >= 0.6 is 0 Å². The first-order chi connectivity index (χ1) is 24.3. The number of sulfone groups is 1. The molecule has 4 aliphatic carbocycles. The Morgan fingerprint density at radius 2 is 1.46 bits per heavy atom. The minimum absolute atomic E-state index is 0.00797. The van der Waals surface area contributed by atoms with Crippen LogP contribution < -0.4 is 21.3 Å². The molecule has 4 N–H and O–H groups in total. The van der Waals surface area contributed by atoms with Crippen LogP contribution in [0, 0.1) is 22.7 Å². The summed E-state index contributed by atoms with van der Waals surface area (Å²) in [6.45, 7) is 13.6. The molecule has 0 spiro atoms. The second-order valence-electron chi connectivity index (χ2n) is 18.7. The van der Waals surface area contributed by atoms with Gasteiger partial charge >= 0.3 is 6.03 Å². The molecule has 0 aromatic carbocycles. The van der Waals surface area contributed by atoms with Crippen LogP contribution in [0.15, 0.2) is 0 Å². The van der Waals surface area contributed by atoms with E-state index >= 15 is 0 Å². The van der Waals surface area contributed by atoms with E-state index in [9.17, 15) is 32.4 Å². The predicted molar refractivity (Wildman–Crippen MR) is 200 cm³/mol. The van der Waals surface area contributed by atoms with Crippen molar-refractivity contribution in [2.24, 2.45) is 22.7 Å². The molecule has 1 aliphatic heterocycles. The monoisotopic (exact) mass is 747 g/mol. The van der Waals surface area contributed by atoms with E-state index in [1.54, 1.807) is 25.7 Å². The Bertz CT molecular complexity index is 1490. The van der Waals surface area contributed by atoms with E-state index in [2.05, 4.69) is 35.1 Å². The number of unbranched alkanes of at least 4 members (excludes halogenated alkanes) is 1. The van der Waals surface area contributed by atoms with Gasteiger partial charge in [-0.3, -0.25) is 19.2 Å². The van der Waals surface area contributed by atoms with Crippen LogP contribution in [-0.4, -0.2) is 89.6 Å². The third-order valence-electron chi connectivity index (χ3n) is 13.2. The van der Waals surface area contributed by atoms with Gasteiger partial charge in [-0.25, -0.2) is 13.2 Å². The van der Waals surface area contributed by atoms with Gasteiger partial charge in [0.15, 0.2) is 9.84 Å². The van der Waals surface area contributed by atoms with Crippen LogP contribution in [0.4, 0.5) is 4.79 Å². The molecule has 0 aromatic rings. The Balaban J connectivity index is 1.39. The number of urea groups is 1. The number of ketones is 1. The fourth-order valence-electron chi connectivity index (χ4n) is 9.26. The number of nitrogens with one attached hydrogen (secondary N) is 4. The molecule has 1 saturated heterocycles. The average Bonchev–Trinajstić information content (AvgIpc) is 3.92. The van der Waals surface area contributed by atoms with Crippen LogP contribution in [-0.2, 0) is 29.0 Å². The highest BCUT2D eigenvalue weighted by atomic mass is 32.2. The second-order valence-corrected chi connectivity index (χ2v) is 21.4. The third-order valence-corrected chi connectivity index (χ3v) is 16.0. The molecule has 1 heterocycles. The Morgan fingerprint density at radius 3 is 2.02 bits per heavy atom. The first kappa shape index (κ1) is 40.5. The van der Waals surface area contributed by atoms with Crippen molar-refractivity contribution in [2.45, 2.75) is 179 Å². The van der Waals surface area contributed by atoms with Gasteiger partial charge in [0, 0.05) is 12.6 Å². The molecule has 5 unspecified atom stereocenters. The summed E-state index contributed by atoms with van der Waals surface area (Å²) >= 11 is 0. The number of piperidine rings is 1. The van der Waals surface area contributed by atoms with Crippen LogP contribution in [0.2, 0.25) is 0 Å². The number of rotatable bonds is 14. The first-order valence-corrected chi connectivity index (χ1v) is 21.7. The zero-order valence-electron chi connectivity index (χ0n) is 32.7. The van der Waals surface area contributed by atoms with Crippen molar-refractivity contribution in [3.8, 4) is 0 Å². The lowest BCUT2D eigenvalue weighted by atomic mass is 9.70. The minimum atomic E-state index is -3.56. The number of hydrogen-bond donors (Lipinski definition) is 4. The normalized spacial score (nSPS) is 27.4. The molecule has 5 amide bonds. The van der Waals surface area contributed by atoms with Crippen molar-refractivity contribution in [3.63, 3.8) is 0 Å². The van der Waals surface area contributed by atoms with E-state index < -0.39 is 67.3 Å². The fraction of sp³-hybridized carbons (Fsp3) is 0.872. The minimum Gasteiger partial charge on any atom is -0.347 e. The van der Waals surface area contributed by atoms with Crippen molar-refractivity contribution in [1.29, 1.82) is 0 Å². The van der Waals surface area contributed by atoms with Gasteiger partial charge in [-0.1, -0.05) is 79.1 Å². The van der Waals surface area contributed by atoms with E-state index in [-0.39, 0.29) is 35.0 Å². The summed E-state index contributed by atoms with van der Waals surface area (Å²) in [4.78, 5) is 71.0. The van der Waals surface area contributed by atoms with Gasteiger partial charge in [0.2, 0.25) is 17.6 Å². The van der Waals surface area contributed by atoms with E-state index in [1.807, 2.05) is 13.8 Å². The quantitative estimate of drug-likeness (QED) is 0.189. The van der Waals surface area contributed by atoms with Crippen LogP contribution in [0.25, 0.3) is 0 Å². The highest BCUT2D eigenvalue weighted by molar-refractivity contribution is 7.92. The van der Waals surface area contributed by atoms with E-state index in [4.69, 9.17) is 0 Å². The number of nitrogens with zero attached hydrogens (tertiary/aromatic N) is 1. The number of carbonyl (C=O) groups excluding carboxylic acids is 5. The Labute approximate surface area is 311 Å². The summed E-state index contributed by atoms with van der Waals surface area (Å²) in [5.74, 6) is -2.32. The lowest BCUT2D eigenvalue weighted by Gasteiger charge is -2.44.